The second kappa shape index (κ2) is 8.35. The Morgan fingerprint density at radius 2 is 1.90 bits per heavy atom. The number of nitrogens with zero attached hydrogens (tertiary/aromatic N) is 3. The van der Waals surface area contributed by atoms with Crippen molar-refractivity contribution in [1.82, 2.24) is 15.2 Å². The van der Waals surface area contributed by atoms with Crippen molar-refractivity contribution in [1.29, 1.82) is 0 Å². The first kappa shape index (κ1) is 18.4. The van der Waals surface area contributed by atoms with Gasteiger partial charge in [0, 0.05) is 28.8 Å². The molecule has 0 aliphatic rings. The number of hydrogen-bond donors (Lipinski definition) is 0. The zero-order valence-corrected chi connectivity index (χ0v) is 15.6. The third kappa shape index (κ3) is 4.30. The third-order valence-corrected chi connectivity index (χ3v) is 4.20. The van der Waals surface area contributed by atoms with E-state index < -0.39 is 5.97 Å². The minimum atomic E-state index is -0.512. The van der Waals surface area contributed by atoms with E-state index in [4.69, 9.17) is 13.9 Å². The smallest absolute Gasteiger partial charge is 0.331 e. The van der Waals surface area contributed by atoms with Crippen LogP contribution in [-0.2, 0) is 16.1 Å². The summed E-state index contributed by atoms with van der Waals surface area (Å²) in [7, 11) is 1.60. The van der Waals surface area contributed by atoms with Crippen LogP contribution in [0.15, 0.2) is 71.3 Å². The molecule has 144 valence electrons. The molecule has 0 saturated heterocycles. The van der Waals surface area contributed by atoms with Gasteiger partial charge in [0.25, 0.3) is 5.89 Å². The van der Waals surface area contributed by atoms with Gasteiger partial charge in [0.2, 0.25) is 5.89 Å². The fourth-order valence-corrected chi connectivity index (χ4v) is 2.76. The Balaban J connectivity index is 1.38. The quantitative estimate of drug-likeness (QED) is 0.364. The van der Waals surface area contributed by atoms with E-state index in [1.54, 1.807) is 31.5 Å². The number of benzene rings is 2. The molecule has 2 heterocycles. The fourth-order valence-electron chi connectivity index (χ4n) is 2.76. The van der Waals surface area contributed by atoms with Crippen LogP contribution in [0.5, 0.6) is 5.75 Å². The summed E-state index contributed by atoms with van der Waals surface area (Å²) in [5, 5.41) is 8.88. The normalized spacial score (nSPS) is 11.1. The zero-order valence-electron chi connectivity index (χ0n) is 15.6. The molecule has 29 heavy (non-hydrogen) atoms. The van der Waals surface area contributed by atoms with Crippen LogP contribution >= 0.6 is 0 Å². The number of para-hydroxylation sites is 1. The molecular formula is C22H17N3O4. The van der Waals surface area contributed by atoms with Crippen LogP contribution in [0, 0.1) is 0 Å². The van der Waals surface area contributed by atoms with Crippen molar-refractivity contribution in [2.24, 2.45) is 0 Å². The van der Waals surface area contributed by atoms with E-state index in [1.165, 1.54) is 6.08 Å². The van der Waals surface area contributed by atoms with Gasteiger partial charge in [0.1, 0.15) is 5.75 Å². The lowest BCUT2D eigenvalue weighted by molar-refractivity contribution is -0.139. The van der Waals surface area contributed by atoms with Crippen molar-refractivity contribution >= 4 is 22.9 Å². The molecule has 7 nitrogen and oxygen atoms in total. The summed E-state index contributed by atoms with van der Waals surface area (Å²) in [5.74, 6) is 0.776. The number of pyridine rings is 1. The van der Waals surface area contributed by atoms with Crippen LogP contribution in [0.2, 0.25) is 0 Å². The highest BCUT2D eigenvalue weighted by molar-refractivity contribution is 5.92. The maximum atomic E-state index is 12.0. The van der Waals surface area contributed by atoms with E-state index in [9.17, 15) is 4.79 Å². The highest BCUT2D eigenvalue weighted by Gasteiger charge is 2.10. The van der Waals surface area contributed by atoms with Crippen molar-refractivity contribution < 1.29 is 18.7 Å². The van der Waals surface area contributed by atoms with Crippen LogP contribution in [0.25, 0.3) is 28.4 Å². The van der Waals surface area contributed by atoms with Crippen LogP contribution in [0.3, 0.4) is 0 Å². The second-order valence-corrected chi connectivity index (χ2v) is 6.09. The third-order valence-electron chi connectivity index (χ3n) is 4.20. The molecule has 2 aromatic heterocycles. The number of carbonyl (C=O) groups excluding carboxylic acids is 1. The molecule has 0 spiro atoms. The Labute approximate surface area is 166 Å². The Bertz CT molecular complexity index is 1160. The largest absolute Gasteiger partial charge is 0.497 e. The number of hydrogen-bond acceptors (Lipinski definition) is 7. The van der Waals surface area contributed by atoms with Gasteiger partial charge >= 0.3 is 5.97 Å². The molecule has 4 aromatic rings. The number of rotatable bonds is 6. The Morgan fingerprint density at radius 1 is 1.07 bits per heavy atom. The highest BCUT2D eigenvalue weighted by atomic mass is 16.5. The molecule has 0 fully saturated rings. The summed E-state index contributed by atoms with van der Waals surface area (Å²) in [6, 6.07) is 16.8. The van der Waals surface area contributed by atoms with Gasteiger partial charge in [0.15, 0.2) is 6.61 Å². The van der Waals surface area contributed by atoms with Gasteiger partial charge in [-0.2, -0.15) is 0 Å². The lowest BCUT2D eigenvalue weighted by Crippen LogP contribution is -2.01. The monoisotopic (exact) mass is 387 g/mol. The minimum absolute atomic E-state index is 0.111. The highest BCUT2D eigenvalue weighted by Crippen LogP contribution is 2.21. The number of fused-ring (bicyclic) bond motifs is 1. The number of ether oxygens (including phenoxy) is 2. The van der Waals surface area contributed by atoms with Gasteiger partial charge in [0.05, 0.1) is 12.6 Å². The van der Waals surface area contributed by atoms with Gasteiger partial charge in [-0.3, -0.25) is 4.98 Å². The van der Waals surface area contributed by atoms with Crippen molar-refractivity contribution in [2.45, 2.75) is 6.61 Å². The molecule has 0 aliphatic heterocycles. The van der Waals surface area contributed by atoms with Gasteiger partial charge < -0.3 is 13.9 Å². The molecule has 0 unspecified atom stereocenters. The van der Waals surface area contributed by atoms with E-state index in [0.717, 1.165) is 27.8 Å². The number of methoxy groups -OCH3 is 1. The number of esters is 1. The summed E-state index contributed by atoms with van der Waals surface area (Å²) in [6.07, 6.45) is 4.74. The van der Waals surface area contributed by atoms with E-state index in [0.29, 0.717) is 5.89 Å². The zero-order chi connectivity index (χ0) is 20.1. The molecule has 2 aromatic carbocycles. The molecule has 0 bridgehead atoms. The Morgan fingerprint density at radius 3 is 2.72 bits per heavy atom. The minimum Gasteiger partial charge on any atom is -0.497 e. The molecular weight excluding hydrogens is 370 g/mol. The van der Waals surface area contributed by atoms with Crippen molar-refractivity contribution in [3.05, 3.63) is 78.3 Å². The average molecular weight is 387 g/mol. The fraction of sp³-hybridized carbons (Fsp3) is 0.0909. The predicted molar refractivity (Wildman–Crippen MR) is 107 cm³/mol. The van der Waals surface area contributed by atoms with Gasteiger partial charge in [-0.05, 0) is 36.4 Å². The van der Waals surface area contributed by atoms with E-state index in [1.807, 2.05) is 42.5 Å². The summed E-state index contributed by atoms with van der Waals surface area (Å²) >= 11 is 0. The maximum absolute atomic E-state index is 12.0. The second-order valence-electron chi connectivity index (χ2n) is 6.09. The van der Waals surface area contributed by atoms with Crippen LogP contribution in [-0.4, -0.2) is 28.3 Å². The number of carbonyl (C=O) groups is 1. The predicted octanol–water partition coefficient (Wildman–Crippen LogP) is 4.05. The van der Waals surface area contributed by atoms with E-state index >= 15 is 0 Å². The topological polar surface area (TPSA) is 87.3 Å². The van der Waals surface area contributed by atoms with Crippen LogP contribution < -0.4 is 4.74 Å². The van der Waals surface area contributed by atoms with Crippen molar-refractivity contribution in [2.75, 3.05) is 7.11 Å². The van der Waals surface area contributed by atoms with Crippen LogP contribution in [0.4, 0.5) is 0 Å². The molecule has 0 radical (unpaired) electrons. The molecule has 4 rings (SSSR count). The molecule has 0 amide bonds. The Kier molecular flexibility index (Phi) is 5.29. The standard InChI is InChI=1S/C22H17N3O4/c1-27-18-10-7-17(8-11-18)22-25-24-19(29-22)14-28-20(26)12-9-16-5-2-4-15-6-3-13-23-21(15)16/h2-13H,14H2,1H3/b12-9+. The lowest BCUT2D eigenvalue weighted by atomic mass is 10.1. The number of aromatic nitrogens is 3. The summed E-state index contributed by atoms with van der Waals surface area (Å²) in [5.41, 5.74) is 2.40. The molecule has 0 saturated carbocycles. The molecule has 0 atom stereocenters. The first-order valence-corrected chi connectivity index (χ1v) is 8.88. The van der Waals surface area contributed by atoms with Gasteiger partial charge in [-0.25, -0.2) is 4.79 Å². The van der Waals surface area contributed by atoms with Crippen molar-refractivity contribution in [3.63, 3.8) is 0 Å². The van der Waals surface area contributed by atoms with Gasteiger partial charge in [-0.15, -0.1) is 10.2 Å². The lowest BCUT2D eigenvalue weighted by Gasteiger charge is -2.01. The summed E-state index contributed by atoms with van der Waals surface area (Å²) in [4.78, 5) is 16.4. The SMILES string of the molecule is COc1ccc(-c2nnc(COC(=O)/C=C/c3cccc4cccnc34)o2)cc1. The summed E-state index contributed by atoms with van der Waals surface area (Å²) in [6.45, 7) is -0.111. The molecule has 0 N–H and O–H groups in total. The molecule has 0 aliphatic carbocycles. The van der Waals surface area contributed by atoms with E-state index in [2.05, 4.69) is 15.2 Å². The summed E-state index contributed by atoms with van der Waals surface area (Å²) < 4.78 is 15.8. The first-order valence-electron chi connectivity index (χ1n) is 8.88. The van der Waals surface area contributed by atoms with Gasteiger partial charge in [-0.1, -0.05) is 24.3 Å². The first-order chi connectivity index (χ1) is 14.2. The average Bonchev–Trinajstić information content (AvgIpc) is 3.25. The van der Waals surface area contributed by atoms with Crippen molar-refractivity contribution in [3.8, 4) is 17.2 Å². The molecule has 7 heteroatoms. The Hall–Kier alpha value is -4.00. The van der Waals surface area contributed by atoms with Crippen LogP contribution in [0.1, 0.15) is 11.5 Å². The van der Waals surface area contributed by atoms with E-state index in [-0.39, 0.29) is 12.5 Å². The maximum Gasteiger partial charge on any atom is 0.331 e.